The summed E-state index contributed by atoms with van der Waals surface area (Å²) < 4.78 is 0. The van der Waals surface area contributed by atoms with Crippen LogP contribution in [0.4, 0.5) is 11.4 Å². The van der Waals surface area contributed by atoms with Crippen molar-refractivity contribution >= 4 is 34.0 Å². The average molecular weight is 393 g/mol. The Morgan fingerprint density at radius 3 is 2.57 bits per heavy atom. The molecule has 3 N–H and O–H groups in total. The number of benzene rings is 2. The Labute approximate surface area is 167 Å². The van der Waals surface area contributed by atoms with Gasteiger partial charge in [-0.05, 0) is 47.9 Å². The smallest absolute Gasteiger partial charge is 0.269 e. The van der Waals surface area contributed by atoms with Crippen LogP contribution in [0.1, 0.15) is 30.0 Å². The predicted octanol–water partition coefficient (Wildman–Crippen LogP) is 4.26. The van der Waals surface area contributed by atoms with Gasteiger partial charge in [-0.1, -0.05) is 23.9 Å². The van der Waals surface area contributed by atoms with Crippen molar-refractivity contribution < 1.29 is 4.92 Å². The van der Waals surface area contributed by atoms with E-state index in [1.807, 2.05) is 30.3 Å². The maximum atomic E-state index is 10.9. The molecular weight excluding hydrogens is 374 g/mol. The number of unbranched alkanes of at least 4 members (excludes halogenated alkanes) is 1. The van der Waals surface area contributed by atoms with Gasteiger partial charge in [0.1, 0.15) is 0 Å². The van der Waals surface area contributed by atoms with Crippen LogP contribution < -0.4 is 11.1 Å². The standard InChI is InChI=1S/C20H19N5O2S/c21-11-1-2-12-28-20-23-18(14-3-7-16(22)8-4-14)13-19(24-20)15-5-9-17(10-6-15)25(26)27/h3-10,13,19H,1-2,12,22H2,(H,23,24). The minimum absolute atomic E-state index is 0.0514. The van der Waals surface area contributed by atoms with Crippen LogP contribution >= 0.6 is 11.8 Å². The van der Waals surface area contributed by atoms with Crippen molar-refractivity contribution in [3.8, 4) is 6.07 Å². The molecule has 0 radical (unpaired) electrons. The molecule has 28 heavy (non-hydrogen) atoms. The fourth-order valence-corrected chi connectivity index (χ4v) is 3.55. The van der Waals surface area contributed by atoms with Gasteiger partial charge in [-0.2, -0.15) is 5.26 Å². The highest BCUT2D eigenvalue weighted by atomic mass is 32.2. The fraction of sp³-hybridized carbons (Fsp3) is 0.200. The molecule has 0 fully saturated rings. The van der Waals surface area contributed by atoms with E-state index in [4.69, 9.17) is 16.0 Å². The van der Waals surface area contributed by atoms with Gasteiger partial charge in [-0.25, -0.2) is 4.99 Å². The molecule has 2 aromatic carbocycles. The van der Waals surface area contributed by atoms with E-state index in [1.165, 1.54) is 12.1 Å². The number of nitrogens with one attached hydrogen (secondary N) is 1. The number of nitro benzene ring substituents is 1. The number of non-ortho nitro benzene ring substituents is 1. The molecule has 0 aromatic heterocycles. The summed E-state index contributed by atoms with van der Waals surface area (Å²) >= 11 is 1.56. The number of anilines is 1. The molecule has 0 bridgehead atoms. The van der Waals surface area contributed by atoms with Crippen LogP contribution in [0.25, 0.3) is 5.70 Å². The van der Waals surface area contributed by atoms with Gasteiger partial charge in [-0.3, -0.25) is 10.1 Å². The number of thioether (sulfide) groups is 1. The topological polar surface area (TPSA) is 117 Å². The van der Waals surface area contributed by atoms with Crippen molar-refractivity contribution in [2.24, 2.45) is 4.99 Å². The van der Waals surface area contributed by atoms with Crippen molar-refractivity contribution in [1.82, 2.24) is 5.32 Å². The first-order valence-corrected chi connectivity index (χ1v) is 9.72. The zero-order valence-corrected chi connectivity index (χ0v) is 15.9. The SMILES string of the molecule is N#CCCCSC1=NC(c2ccc([N+](=O)[O-])cc2)C=C(c2ccc(N)cc2)N1. The summed E-state index contributed by atoms with van der Waals surface area (Å²) in [6, 6.07) is 15.9. The monoisotopic (exact) mass is 393 g/mol. The maximum Gasteiger partial charge on any atom is 0.269 e. The lowest BCUT2D eigenvalue weighted by Crippen LogP contribution is -2.24. The highest BCUT2D eigenvalue weighted by Crippen LogP contribution is 2.30. The Hall–Kier alpha value is -3.31. The van der Waals surface area contributed by atoms with E-state index in [2.05, 4.69) is 11.4 Å². The third-order valence-electron chi connectivity index (χ3n) is 4.16. The zero-order chi connectivity index (χ0) is 19.9. The summed E-state index contributed by atoms with van der Waals surface area (Å²) in [5.41, 5.74) is 9.28. The van der Waals surface area contributed by atoms with Gasteiger partial charge < -0.3 is 11.1 Å². The molecule has 3 rings (SSSR count). The second-order valence-corrected chi connectivity index (χ2v) is 7.25. The normalized spacial score (nSPS) is 15.8. The van der Waals surface area contributed by atoms with Gasteiger partial charge in [0.25, 0.3) is 5.69 Å². The maximum absolute atomic E-state index is 10.9. The summed E-state index contributed by atoms with van der Waals surface area (Å²) in [6.07, 6.45) is 3.28. The number of rotatable bonds is 6. The average Bonchev–Trinajstić information content (AvgIpc) is 2.71. The third kappa shape index (κ3) is 4.90. The molecule has 2 aromatic rings. The minimum atomic E-state index is -0.415. The van der Waals surface area contributed by atoms with E-state index in [0.29, 0.717) is 12.1 Å². The molecule has 0 aliphatic carbocycles. The number of nitrogen functional groups attached to an aromatic ring is 1. The Morgan fingerprint density at radius 2 is 1.93 bits per heavy atom. The Morgan fingerprint density at radius 1 is 1.21 bits per heavy atom. The Kier molecular flexibility index (Phi) is 6.29. The molecule has 1 atom stereocenters. The molecule has 1 aliphatic rings. The minimum Gasteiger partial charge on any atom is -0.399 e. The summed E-state index contributed by atoms with van der Waals surface area (Å²) in [4.78, 5) is 15.2. The van der Waals surface area contributed by atoms with Crippen LogP contribution in [-0.4, -0.2) is 15.8 Å². The van der Waals surface area contributed by atoms with E-state index in [9.17, 15) is 10.1 Å². The largest absolute Gasteiger partial charge is 0.399 e. The number of nitrogens with two attached hydrogens (primary N) is 1. The van der Waals surface area contributed by atoms with Gasteiger partial charge in [-0.15, -0.1) is 0 Å². The molecule has 142 valence electrons. The molecule has 7 nitrogen and oxygen atoms in total. The van der Waals surface area contributed by atoms with Gasteiger partial charge in [0.15, 0.2) is 5.17 Å². The summed E-state index contributed by atoms with van der Waals surface area (Å²) in [7, 11) is 0. The predicted molar refractivity (Wildman–Crippen MR) is 113 cm³/mol. The highest BCUT2D eigenvalue weighted by molar-refractivity contribution is 8.13. The fourth-order valence-electron chi connectivity index (χ4n) is 2.70. The van der Waals surface area contributed by atoms with Crippen molar-refractivity contribution in [3.05, 3.63) is 75.8 Å². The van der Waals surface area contributed by atoms with Crippen LogP contribution in [0.2, 0.25) is 0 Å². The number of nitrogens with zero attached hydrogens (tertiary/aromatic N) is 3. The Bertz CT molecular complexity index is 946. The molecule has 0 spiro atoms. The van der Waals surface area contributed by atoms with E-state index >= 15 is 0 Å². The first-order valence-electron chi connectivity index (χ1n) is 8.73. The van der Waals surface area contributed by atoms with Crippen LogP contribution in [0.5, 0.6) is 0 Å². The summed E-state index contributed by atoms with van der Waals surface area (Å²) in [5.74, 6) is 0.779. The number of amidine groups is 1. The lowest BCUT2D eigenvalue weighted by Gasteiger charge is -2.22. The number of hydrogen-bond acceptors (Lipinski definition) is 7. The van der Waals surface area contributed by atoms with Crippen molar-refractivity contribution in [2.45, 2.75) is 18.9 Å². The van der Waals surface area contributed by atoms with Gasteiger partial charge in [0.05, 0.1) is 17.0 Å². The lowest BCUT2D eigenvalue weighted by molar-refractivity contribution is -0.384. The molecule has 0 saturated carbocycles. The first-order chi connectivity index (χ1) is 13.6. The molecular formula is C20H19N5O2S. The number of nitro groups is 1. The van der Waals surface area contributed by atoms with E-state index in [1.54, 1.807) is 23.9 Å². The lowest BCUT2D eigenvalue weighted by atomic mass is 10.0. The summed E-state index contributed by atoms with van der Waals surface area (Å²) in [5, 5.41) is 23.7. The van der Waals surface area contributed by atoms with E-state index in [-0.39, 0.29) is 11.7 Å². The molecule has 0 saturated heterocycles. The second kappa shape index (κ2) is 9.06. The van der Waals surface area contributed by atoms with Crippen molar-refractivity contribution in [1.29, 1.82) is 5.26 Å². The number of aliphatic imine (C=N–C) groups is 1. The van der Waals surface area contributed by atoms with Gasteiger partial charge in [0.2, 0.25) is 0 Å². The quantitative estimate of drug-likeness (QED) is 0.328. The van der Waals surface area contributed by atoms with Gasteiger partial charge >= 0.3 is 0 Å². The molecule has 8 heteroatoms. The number of hydrogen-bond donors (Lipinski definition) is 2. The Balaban J connectivity index is 1.87. The molecule has 0 amide bonds. The van der Waals surface area contributed by atoms with Crippen molar-refractivity contribution in [2.75, 3.05) is 11.5 Å². The van der Waals surface area contributed by atoms with E-state index in [0.717, 1.165) is 34.2 Å². The highest BCUT2D eigenvalue weighted by Gasteiger charge is 2.19. The van der Waals surface area contributed by atoms with Gasteiger partial charge in [0, 0.05) is 35.7 Å². The third-order valence-corrected chi connectivity index (χ3v) is 5.13. The zero-order valence-electron chi connectivity index (χ0n) is 15.0. The first kappa shape index (κ1) is 19.5. The molecule has 1 heterocycles. The van der Waals surface area contributed by atoms with Crippen LogP contribution in [-0.2, 0) is 0 Å². The van der Waals surface area contributed by atoms with Crippen molar-refractivity contribution in [3.63, 3.8) is 0 Å². The second-order valence-electron chi connectivity index (χ2n) is 6.17. The number of nitriles is 1. The molecule has 1 aliphatic heterocycles. The summed E-state index contributed by atoms with van der Waals surface area (Å²) in [6.45, 7) is 0. The van der Waals surface area contributed by atoms with E-state index < -0.39 is 4.92 Å². The van der Waals surface area contributed by atoms with Crippen LogP contribution in [0.15, 0.2) is 59.6 Å². The van der Waals surface area contributed by atoms with Crippen LogP contribution in [0.3, 0.4) is 0 Å². The van der Waals surface area contributed by atoms with Crippen LogP contribution in [0, 0.1) is 21.4 Å². The molecule has 1 unspecified atom stereocenters.